The van der Waals surface area contributed by atoms with Crippen molar-refractivity contribution < 1.29 is 14.4 Å². The van der Waals surface area contributed by atoms with Crippen LogP contribution in [0.15, 0.2) is 103 Å². The molecule has 7 rings (SSSR count). The molecule has 1 saturated heterocycles. The molecular weight excluding hydrogens is 510 g/mol. The molecule has 0 saturated carbocycles. The minimum absolute atomic E-state index is 0.213. The first-order valence-electron chi connectivity index (χ1n) is 12.7. The summed E-state index contributed by atoms with van der Waals surface area (Å²) in [5.74, 6) is -1.97. The fourth-order valence-electron chi connectivity index (χ4n) is 6.57. The molecule has 1 aromatic heterocycles. The average Bonchev–Trinajstić information content (AvgIpc) is 3.45. The van der Waals surface area contributed by atoms with Crippen LogP contribution in [0.3, 0.4) is 0 Å². The maximum Gasteiger partial charge on any atom is 0.238 e. The molecule has 0 aliphatic carbocycles. The highest BCUT2D eigenvalue weighted by Crippen LogP contribution is 2.58. The summed E-state index contributed by atoms with van der Waals surface area (Å²) in [7, 11) is 0. The number of fused-ring (bicyclic) bond motifs is 6. The molecule has 0 unspecified atom stereocenters. The second kappa shape index (κ2) is 8.75. The average molecular weight is 532 g/mol. The van der Waals surface area contributed by atoms with Crippen LogP contribution in [0.1, 0.15) is 32.0 Å². The van der Waals surface area contributed by atoms with Crippen molar-refractivity contribution in [2.45, 2.75) is 17.5 Å². The predicted molar refractivity (Wildman–Crippen MR) is 150 cm³/mol. The number of hydrogen-bond donors (Lipinski definition) is 1. The zero-order valence-electron chi connectivity index (χ0n) is 20.6. The molecule has 6 nitrogen and oxygen atoms in total. The summed E-state index contributed by atoms with van der Waals surface area (Å²) in [6.07, 6.45) is 5.48. The van der Waals surface area contributed by atoms with E-state index in [0.29, 0.717) is 21.8 Å². The molecular formula is C32H22ClN3O3. The Hall–Kier alpha value is -4.55. The lowest BCUT2D eigenvalue weighted by atomic mass is 9.64. The molecule has 4 aromatic rings. The molecule has 190 valence electrons. The van der Waals surface area contributed by atoms with Gasteiger partial charge in [-0.05, 0) is 59.7 Å². The van der Waals surface area contributed by atoms with Crippen molar-refractivity contribution in [2.24, 2.45) is 5.92 Å². The molecule has 1 fully saturated rings. The van der Waals surface area contributed by atoms with Crippen molar-refractivity contribution in [2.75, 3.05) is 10.2 Å². The maximum atomic E-state index is 14.6. The molecule has 0 radical (unpaired) electrons. The Bertz CT molecular complexity index is 1680. The number of carbonyl (C=O) groups excluding carboxylic acids is 3. The number of carbonyl (C=O) groups is 3. The van der Waals surface area contributed by atoms with Gasteiger partial charge in [-0.25, -0.2) is 0 Å². The molecule has 39 heavy (non-hydrogen) atoms. The Morgan fingerprint density at radius 1 is 0.872 bits per heavy atom. The summed E-state index contributed by atoms with van der Waals surface area (Å²) in [6.45, 7) is 0. The third kappa shape index (κ3) is 3.28. The number of nitrogens with one attached hydrogen (secondary N) is 1. The number of Topliss-reactive ketones (excluding diaryl/α,β-unsaturated/α-hetero) is 2. The number of amides is 1. The van der Waals surface area contributed by atoms with E-state index in [1.54, 1.807) is 48.7 Å². The van der Waals surface area contributed by atoms with Crippen molar-refractivity contribution in [3.63, 3.8) is 0 Å². The molecule has 3 aromatic carbocycles. The van der Waals surface area contributed by atoms with E-state index in [9.17, 15) is 14.4 Å². The summed E-state index contributed by atoms with van der Waals surface area (Å²) in [6, 6.07) is 25.4. The summed E-state index contributed by atoms with van der Waals surface area (Å²) < 4.78 is 0. The predicted octanol–water partition coefficient (Wildman–Crippen LogP) is 5.59. The number of pyridine rings is 1. The number of aromatic nitrogens is 1. The fourth-order valence-corrected chi connectivity index (χ4v) is 6.70. The molecule has 0 bridgehead atoms. The number of anilines is 2. The number of para-hydroxylation sites is 2. The van der Waals surface area contributed by atoms with Gasteiger partial charge in [0.05, 0.1) is 12.0 Å². The van der Waals surface area contributed by atoms with E-state index in [-0.39, 0.29) is 23.2 Å². The molecule has 4 heterocycles. The van der Waals surface area contributed by atoms with Crippen molar-refractivity contribution in [3.8, 4) is 0 Å². The van der Waals surface area contributed by atoms with Crippen LogP contribution in [0.5, 0.6) is 0 Å². The van der Waals surface area contributed by atoms with Crippen LogP contribution in [0.4, 0.5) is 11.4 Å². The SMILES string of the molecule is O=C(c1ccccn1)[C@@H]1[C@H](C(=O)c2ccc(Cl)cc2)N2c3ccccc3C=C[C@H]2[C@@]12C(=O)Nc1ccccc12. The second-order valence-corrected chi connectivity index (χ2v) is 10.4. The van der Waals surface area contributed by atoms with Crippen molar-refractivity contribution in [3.05, 3.63) is 131 Å². The summed E-state index contributed by atoms with van der Waals surface area (Å²) in [4.78, 5) is 49.6. The minimum Gasteiger partial charge on any atom is -0.352 e. The van der Waals surface area contributed by atoms with E-state index in [1.807, 2.05) is 65.6 Å². The molecule has 4 atom stereocenters. The molecule has 1 spiro atoms. The molecule has 3 aliphatic heterocycles. The number of hydrogen-bond acceptors (Lipinski definition) is 5. The first-order valence-corrected chi connectivity index (χ1v) is 13.1. The zero-order valence-corrected chi connectivity index (χ0v) is 21.4. The second-order valence-electron chi connectivity index (χ2n) is 10.0. The zero-order chi connectivity index (χ0) is 26.7. The van der Waals surface area contributed by atoms with Gasteiger partial charge in [0, 0.05) is 28.2 Å². The van der Waals surface area contributed by atoms with Crippen LogP contribution in [-0.2, 0) is 10.2 Å². The van der Waals surface area contributed by atoms with Crippen LogP contribution >= 0.6 is 11.6 Å². The monoisotopic (exact) mass is 531 g/mol. The quantitative estimate of drug-likeness (QED) is 0.347. The van der Waals surface area contributed by atoms with E-state index in [2.05, 4.69) is 10.3 Å². The standard InChI is InChI=1S/C32H22ClN3O3/c33-21-15-12-20(13-16-21)29(37)28-27(30(38)24-10-5-6-18-34-24)32(22-8-2-3-9-23(22)35-31(32)39)26-17-14-19-7-1-4-11-25(19)36(26)28/h1-18,26-28H,(H,35,39)/t26-,27-,28+,32+/m0/s1. The molecule has 7 heteroatoms. The highest BCUT2D eigenvalue weighted by atomic mass is 35.5. The number of ketones is 2. The maximum absolute atomic E-state index is 14.6. The van der Waals surface area contributed by atoms with E-state index in [1.165, 1.54) is 0 Å². The normalized spacial score (nSPS) is 24.2. The van der Waals surface area contributed by atoms with Crippen LogP contribution in [0.25, 0.3) is 6.08 Å². The van der Waals surface area contributed by atoms with Gasteiger partial charge < -0.3 is 10.2 Å². The number of halogens is 1. The van der Waals surface area contributed by atoms with E-state index < -0.39 is 23.4 Å². The third-order valence-corrected chi connectivity index (χ3v) is 8.39. The van der Waals surface area contributed by atoms with E-state index in [0.717, 1.165) is 11.3 Å². The van der Waals surface area contributed by atoms with Gasteiger partial charge in [0.25, 0.3) is 0 Å². The molecule has 1 amide bonds. The minimum atomic E-state index is -1.36. The van der Waals surface area contributed by atoms with Crippen molar-refractivity contribution >= 4 is 46.5 Å². The van der Waals surface area contributed by atoms with Gasteiger partial charge >= 0.3 is 0 Å². The van der Waals surface area contributed by atoms with E-state index >= 15 is 0 Å². The smallest absolute Gasteiger partial charge is 0.238 e. The highest BCUT2D eigenvalue weighted by Gasteiger charge is 2.70. The fraction of sp³-hybridized carbons (Fsp3) is 0.125. The Morgan fingerprint density at radius 3 is 2.41 bits per heavy atom. The topological polar surface area (TPSA) is 79.4 Å². The largest absolute Gasteiger partial charge is 0.352 e. The van der Waals surface area contributed by atoms with Gasteiger partial charge in [-0.3, -0.25) is 19.4 Å². The van der Waals surface area contributed by atoms with Gasteiger partial charge in [0.2, 0.25) is 5.91 Å². The van der Waals surface area contributed by atoms with Gasteiger partial charge in [0.15, 0.2) is 11.6 Å². The highest BCUT2D eigenvalue weighted by molar-refractivity contribution is 6.30. The Labute approximate surface area is 229 Å². The summed E-state index contributed by atoms with van der Waals surface area (Å²) >= 11 is 6.14. The van der Waals surface area contributed by atoms with Crippen LogP contribution in [0, 0.1) is 5.92 Å². The molecule has 1 N–H and O–H groups in total. The van der Waals surface area contributed by atoms with E-state index in [4.69, 9.17) is 11.6 Å². The number of benzene rings is 3. The first-order chi connectivity index (χ1) is 19.0. The third-order valence-electron chi connectivity index (χ3n) is 8.14. The molecule has 3 aliphatic rings. The lowest BCUT2D eigenvalue weighted by Gasteiger charge is -2.37. The van der Waals surface area contributed by atoms with Gasteiger partial charge in [-0.2, -0.15) is 0 Å². The number of nitrogens with zero attached hydrogens (tertiary/aromatic N) is 2. The Balaban J connectivity index is 1.54. The van der Waals surface area contributed by atoms with Gasteiger partial charge in [-0.15, -0.1) is 0 Å². The Morgan fingerprint density at radius 2 is 1.62 bits per heavy atom. The van der Waals surface area contributed by atoms with Crippen molar-refractivity contribution in [1.29, 1.82) is 0 Å². The van der Waals surface area contributed by atoms with Crippen LogP contribution in [0.2, 0.25) is 5.02 Å². The van der Waals surface area contributed by atoms with Crippen LogP contribution < -0.4 is 10.2 Å². The van der Waals surface area contributed by atoms with Crippen LogP contribution in [-0.4, -0.2) is 34.5 Å². The summed E-state index contributed by atoms with van der Waals surface area (Å²) in [5, 5.41) is 3.53. The Kier molecular flexibility index (Phi) is 5.28. The lowest BCUT2D eigenvalue weighted by Crippen LogP contribution is -2.51. The lowest BCUT2D eigenvalue weighted by molar-refractivity contribution is -0.121. The number of rotatable bonds is 4. The van der Waals surface area contributed by atoms with Gasteiger partial charge in [0.1, 0.15) is 17.2 Å². The van der Waals surface area contributed by atoms with Crippen molar-refractivity contribution in [1.82, 2.24) is 4.98 Å². The first kappa shape index (κ1) is 23.6. The van der Waals surface area contributed by atoms with Gasteiger partial charge in [-0.1, -0.05) is 66.2 Å². The summed E-state index contributed by atoms with van der Waals surface area (Å²) in [5.41, 5.74) is 2.33.